The zero-order chi connectivity index (χ0) is 18.1. The van der Waals surface area contributed by atoms with E-state index in [0.717, 1.165) is 23.5 Å². The lowest BCUT2D eigenvalue weighted by molar-refractivity contribution is 0.102. The van der Waals surface area contributed by atoms with Crippen LogP contribution in [0.4, 0.5) is 14.5 Å². The number of rotatable bonds is 5. The number of hydrogen-bond acceptors (Lipinski definition) is 4. The molecule has 10 heteroatoms. The second-order valence-electron chi connectivity index (χ2n) is 4.74. The molecule has 0 bridgehead atoms. The zero-order valence-electron chi connectivity index (χ0n) is 12.6. The Morgan fingerprint density at radius 3 is 2.54 bits per heavy atom. The third-order valence-electron chi connectivity index (χ3n) is 2.98. The predicted molar refractivity (Wildman–Crippen MR) is 89.2 cm³/mol. The van der Waals surface area contributed by atoms with Gasteiger partial charge in [0.25, 0.3) is 5.91 Å². The predicted octanol–water partition coefficient (Wildman–Crippen LogP) is 3.54. The van der Waals surface area contributed by atoms with Gasteiger partial charge in [-0.25, -0.2) is 21.9 Å². The molecule has 24 heavy (non-hydrogen) atoms. The number of benzene rings is 1. The molecular formula is C14H13ClF2N2O3S2. The zero-order valence-corrected chi connectivity index (χ0v) is 15.0. The molecule has 1 heterocycles. The molecule has 5 nitrogen and oxygen atoms in total. The first kappa shape index (κ1) is 18.8. The van der Waals surface area contributed by atoms with Crippen LogP contribution in [0.2, 0.25) is 5.02 Å². The van der Waals surface area contributed by atoms with Gasteiger partial charge in [0.2, 0.25) is 10.0 Å². The van der Waals surface area contributed by atoms with E-state index in [4.69, 9.17) is 11.6 Å². The fourth-order valence-corrected chi connectivity index (χ4v) is 4.63. The van der Waals surface area contributed by atoms with E-state index in [1.807, 2.05) is 0 Å². The topological polar surface area (TPSA) is 75.3 Å². The van der Waals surface area contributed by atoms with Crippen LogP contribution in [0.5, 0.6) is 0 Å². The number of sulfonamides is 1. The average Bonchev–Trinajstić information content (AvgIpc) is 2.87. The molecule has 0 spiro atoms. The molecule has 1 aromatic carbocycles. The molecule has 0 saturated carbocycles. The van der Waals surface area contributed by atoms with Gasteiger partial charge in [-0.15, -0.1) is 11.3 Å². The number of aryl methyl sites for hydroxylation is 1. The van der Waals surface area contributed by atoms with E-state index < -0.39 is 32.6 Å². The van der Waals surface area contributed by atoms with Gasteiger partial charge < -0.3 is 5.32 Å². The van der Waals surface area contributed by atoms with Crippen LogP contribution >= 0.6 is 22.9 Å². The van der Waals surface area contributed by atoms with Crippen LogP contribution in [-0.2, 0) is 10.0 Å². The summed E-state index contributed by atoms with van der Waals surface area (Å²) in [6, 6.07) is 3.09. The molecule has 0 aliphatic carbocycles. The Bertz CT molecular complexity index is 874. The second kappa shape index (κ2) is 7.14. The number of amides is 1. The Balaban J connectivity index is 2.30. The van der Waals surface area contributed by atoms with Crippen molar-refractivity contribution in [1.29, 1.82) is 0 Å². The Kier molecular flexibility index (Phi) is 5.59. The van der Waals surface area contributed by atoms with Crippen molar-refractivity contribution in [2.75, 3.05) is 11.9 Å². The summed E-state index contributed by atoms with van der Waals surface area (Å²) >= 11 is 6.46. The van der Waals surface area contributed by atoms with Gasteiger partial charge in [0, 0.05) is 23.2 Å². The van der Waals surface area contributed by atoms with Crippen LogP contribution < -0.4 is 10.0 Å². The molecule has 0 radical (unpaired) electrons. The van der Waals surface area contributed by atoms with Crippen molar-refractivity contribution in [1.82, 2.24) is 4.72 Å². The van der Waals surface area contributed by atoms with Crippen molar-refractivity contribution in [3.05, 3.63) is 45.3 Å². The first-order chi connectivity index (χ1) is 11.2. The lowest BCUT2D eigenvalue weighted by Crippen LogP contribution is -2.22. The first-order valence-corrected chi connectivity index (χ1v) is 9.39. The highest BCUT2D eigenvalue weighted by molar-refractivity contribution is 7.91. The van der Waals surface area contributed by atoms with E-state index in [2.05, 4.69) is 10.0 Å². The minimum Gasteiger partial charge on any atom is -0.322 e. The van der Waals surface area contributed by atoms with Gasteiger partial charge in [-0.1, -0.05) is 18.5 Å². The third-order valence-corrected chi connectivity index (χ3v) is 6.33. The summed E-state index contributed by atoms with van der Waals surface area (Å²) in [6.07, 6.45) is 0. The molecule has 1 amide bonds. The Morgan fingerprint density at radius 2 is 1.96 bits per heavy atom. The van der Waals surface area contributed by atoms with Crippen molar-refractivity contribution < 1.29 is 22.0 Å². The molecule has 1 aromatic heterocycles. The van der Waals surface area contributed by atoms with Crippen molar-refractivity contribution in [2.45, 2.75) is 18.1 Å². The third kappa shape index (κ3) is 3.92. The summed E-state index contributed by atoms with van der Waals surface area (Å²) in [5.41, 5.74) is 0.0860. The van der Waals surface area contributed by atoms with Crippen LogP contribution in [0, 0.1) is 18.6 Å². The number of anilines is 1. The largest absolute Gasteiger partial charge is 0.322 e. The van der Waals surface area contributed by atoms with Crippen molar-refractivity contribution in [2.24, 2.45) is 0 Å². The lowest BCUT2D eigenvalue weighted by atomic mass is 10.2. The van der Waals surface area contributed by atoms with E-state index in [1.165, 1.54) is 6.07 Å². The minimum absolute atomic E-state index is 0.00433. The van der Waals surface area contributed by atoms with Crippen molar-refractivity contribution in [3.8, 4) is 0 Å². The molecule has 2 N–H and O–H groups in total. The molecule has 0 saturated heterocycles. The maximum Gasteiger partial charge on any atom is 0.256 e. The molecule has 130 valence electrons. The lowest BCUT2D eigenvalue weighted by Gasteiger charge is -2.06. The van der Waals surface area contributed by atoms with Gasteiger partial charge in [0.1, 0.15) is 4.21 Å². The molecule has 2 aromatic rings. The molecule has 0 aliphatic rings. The van der Waals surface area contributed by atoms with Crippen LogP contribution in [0.25, 0.3) is 0 Å². The monoisotopic (exact) mass is 394 g/mol. The van der Waals surface area contributed by atoms with Gasteiger partial charge in [0.05, 0.1) is 10.6 Å². The fraction of sp³-hybridized carbons (Fsp3) is 0.214. The number of carbonyl (C=O) groups is 1. The number of carbonyl (C=O) groups excluding carboxylic acids is 1. The van der Waals surface area contributed by atoms with Crippen LogP contribution in [0.1, 0.15) is 22.2 Å². The molecular weight excluding hydrogens is 382 g/mol. The van der Waals surface area contributed by atoms with Gasteiger partial charge in [-0.3, -0.25) is 4.79 Å². The van der Waals surface area contributed by atoms with Crippen LogP contribution in [-0.4, -0.2) is 20.9 Å². The fourth-order valence-electron chi connectivity index (χ4n) is 1.90. The maximum absolute atomic E-state index is 13.3. The maximum atomic E-state index is 13.3. The molecule has 0 atom stereocenters. The summed E-state index contributed by atoms with van der Waals surface area (Å²) in [5.74, 6) is -3.06. The van der Waals surface area contributed by atoms with Crippen molar-refractivity contribution >= 4 is 44.6 Å². The molecule has 0 fully saturated rings. The standard InChI is InChI=1S/C14H13ClF2N2O3S2/c1-3-18-24(21,22)12-6-9(7(2)23-12)14(20)19-8-4-10(15)13(17)11(16)5-8/h4-6,18H,3H2,1-2H3,(H,19,20). The second-order valence-corrected chi connectivity index (χ2v) is 8.40. The Hall–Kier alpha value is -1.55. The quantitative estimate of drug-likeness (QED) is 0.761. The van der Waals surface area contributed by atoms with Crippen LogP contribution in [0.3, 0.4) is 0 Å². The molecule has 0 unspecified atom stereocenters. The average molecular weight is 395 g/mol. The number of hydrogen-bond donors (Lipinski definition) is 2. The SMILES string of the molecule is CCNS(=O)(=O)c1cc(C(=O)Nc2cc(F)c(F)c(Cl)c2)c(C)s1. The molecule has 2 rings (SSSR count). The highest BCUT2D eigenvalue weighted by Crippen LogP contribution is 2.27. The first-order valence-electron chi connectivity index (χ1n) is 6.71. The van der Waals surface area contributed by atoms with E-state index >= 15 is 0 Å². The number of halogens is 3. The van der Waals surface area contributed by atoms with E-state index in [-0.39, 0.29) is 22.0 Å². The van der Waals surface area contributed by atoms with Gasteiger partial charge in [-0.2, -0.15) is 0 Å². The summed E-state index contributed by atoms with van der Waals surface area (Å²) < 4.78 is 52.7. The minimum atomic E-state index is -3.68. The summed E-state index contributed by atoms with van der Waals surface area (Å²) in [4.78, 5) is 12.7. The number of nitrogens with one attached hydrogen (secondary N) is 2. The highest BCUT2D eigenvalue weighted by atomic mass is 35.5. The van der Waals surface area contributed by atoms with Crippen LogP contribution in [0.15, 0.2) is 22.4 Å². The summed E-state index contributed by atoms with van der Waals surface area (Å²) in [7, 11) is -3.68. The summed E-state index contributed by atoms with van der Waals surface area (Å²) in [6.45, 7) is 3.44. The van der Waals surface area contributed by atoms with Crippen molar-refractivity contribution in [3.63, 3.8) is 0 Å². The van der Waals surface area contributed by atoms with Gasteiger partial charge in [0.15, 0.2) is 11.6 Å². The molecule has 0 aliphatic heterocycles. The summed E-state index contributed by atoms with van der Waals surface area (Å²) in [5, 5.41) is 1.90. The normalized spacial score (nSPS) is 11.5. The Morgan fingerprint density at radius 1 is 1.29 bits per heavy atom. The van der Waals surface area contributed by atoms with E-state index in [1.54, 1.807) is 13.8 Å². The van der Waals surface area contributed by atoms with Gasteiger partial charge in [-0.05, 0) is 19.1 Å². The smallest absolute Gasteiger partial charge is 0.256 e. The highest BCUT2D eigenvalue weighted by Gasteiger charge is 2.21. The Labute approximate surface area is 146 Å². The van der Waals surface area contributed by atoms with E-state index in [9.17, 15) is 22.0 Å². The number of thiophene rings is 1. The van der Waals surface area contributed by atoms with Gasteiger partial charge >= 0.3 is 0 Å². The van der Waals surface area contributed by atoms with E-state index in [0.29, 0.717) is 4.88 Å².